The molecule has 0 aromatic heterocycles. The molecule has 0 aliphatic carbocycles. The first-order valence-electron chi connectivity index (χ1n) is 4.73. The summed E-state index contributed by atoms with van der Waals surface area (Å²) < 4.78 is 0. The molecule has 20 heavy (non-hydrogen) atoms. The molecule has 0 saturated heterocycles. The maximum Gasteiger partial charge on any atom is 1.00 e. The van der Waals surface area contributed by atoms with E-state index in [0.29, 0.717) is 0 Å². The zero-order valence-electron chi connectivity index (χ0n) is 10.4. The first kappa shape index (κ1) is 18.3. The van der Waals surface area contributed by atoms with Crippen molar-refractivity contribution in [2.45, 2.75) is 0 Å². The van der Waals surface area contributed by atoms with Crippen LogP contribution in [0.2, 0.25) is 0 Å². The van der Waals surface area contributed by atoms with Crippen molar-refractivity contribution in [2.24, 2.45) is 0 Å². The van der Waals surface area contributed by atoms with Gasteiger partial charge in [-0.1, -0.05) is 10.4 Å². The molecule has 0 atom stereocenters. The van der Waals surface area contributed by atoms with Gasteiger partial charge >= 0.3 is 58.2 Å². The van der Waals surface area contributed by atoms with Crippen LogP contribution in [0.4, 0.5) is 0 Å². The predicted molar refractivity (Wildman–Crippen MR) is 63.4 cm³/mol. The monoisotopic (exact) mass is 323 g/mol. The van der Waals surface area contributed by atoms with Gasteiger partial charge in [0.25, 0.3) is 0 Å². The van der Waals surface area contributed by atoms with Gasteiger partial charge in [-0.2, -0.15) is 10.5 Å². The molecule has 0 N–H and O–H groups in total. The van der Waals surface area contributed by atoms with Crippen molar-refractivity contribution in [3.8, 4) is 30.3 Å². The third-order valence-corrected chi connectivity index (χ3v) is 2.18. The minimum absolute atomic E-state index is 0. The Balaban J connectivity index is 0.00000361. The zero-order chi connectivity index (χ0) is 14.4. The Morgan fingerprint density at radius 3 is 2.00 bits per heavy atom. The van der Waals surface area contributed by atoms with Gasteiger partial charge in [-0.05, 0) is 22.7 Å². The molecule has 0 heterocycles. The molecule has 1 rings (SSSR count). The number of hydrogen-bond acceptors (Lipinski definition) is 5. The topological polar surface area (TPSA) is 119 Å². The van der Waals surface area contributed by atoms with Crippen LogP contribution < -0.4 is 68.6 Å². The van der Waals surface area contributed by atoms with Crippen LogP contribution in [-0.2, 0) is 0 Å². The average molecular weight is 323 g/mol. The summed E-state index contributed by atoms with van der Waals surface area (Å²) in [6, 6.07) is 12.1. The molecule has 5 nitrogen and oxygen atoms in total. The molecule has 0 saturated carbocycles. The second kappa shape index (κ2) is 8.45. The van der Waals surface area contributed by atoms with Gasteiger partial charge in [-0.3, -0.25) is 0 Å². The Labute approximate surface area is 165 Å². The summed E-state index contributed by atoms with van der Waals surface area (Å²) in [5.74, 6) is 0. The van der Waals surface area contributed by atoms with E-state index in [1.807, 2.05) is 0 Å². The Morgan fingerprint density at radius 1 is 1.00 bits per heavy atom. The maximum absolute atomic E-state index is 9.01. The van der Waals surface area contributed by atoms with Crippen LogP contribution >= 0.6 is 0 Å². The quantitative estimate of drug-likeness (QED) is 0.359. The van der Waals surface area contributed by atoms with Gasteiger partial charge in [0.05, 0.1) is 29.8 Å². The number of rotatable bonds is 0. The van der Waals surface area contributed by atoms with Crippen LogP contribution in [-0.4, -0.2) is 7.85 Å². The van der Waals surface area contributed by atoms with Gasteiger partial charge in [-0.15, -0.1) is 12.1 Å². The van der Waals surface area contributed by atoms with Gasteiger partial charge < -0.3 is 0 Å². The number of nitriles is 5. The molecule has 1 aromatic carbocycles. The van der Waals surface area contributed by atoms with Gasteiger partial charge in [0.1, 0.15) is 7.85 Å². The summed E-state index contributed by atoms with van der Waals surface area (Å²) in [4.78, 5) is 0. The fourth-order valence-corrected chi connectivity index (χ4v) is 1.37. The standard InChI is InChI=1S/C13HBN5.Rb/c14-12(7-19)13-9(3-15)1-8(2-10(13)4-16)11(5-17)6-18;/h1H;/q-1;+1/b13-12+;. The Morgan fingerprint density at radius 2 is 1.60 bits per heavy atom. The van der Waals surface area contributed by atoms with Crippen LogP contribution in [0.15, 0.2) is 6.07 Å². The molecule has 2 radical (unpaired) electrons. The molecular weight excluding hydrogens is 322 g/mol. The first-order chi connectivity index (χ1) is 9.12. The zero-order valence-corrected chi connectivity index (χ0v) is 15.3. The van der Waals surface area contributed by atoms with Crippen LogP contribution in [0.5, 0.6) is 0 Å². The van der Waals surface area contributed by atoms with E-state index in [1.54, 1.807) is 30.3 Å². The van der Waals surface area contributed by atoms with Crippen molar-refractivity contribution in [2.75, 3.05) is 0 Å². The molecule has 0 unspecified atom stereocenters. The van der Waals surface area contributed by atoms with E-state index >= 15 is 0 Å². The van der Waals surface area contributed by atoms with E-state index in [1.165, 1.54) is 6.07 Å². The summed E-state index contributed by atoms with van der Waals surface area (Å²) in [5, 5.41) is 44.2. The summed E-state index contributed by atoms with van der Waals surface area (Å²) >= 11 is 0. The van der Waals surface area contributed by atoms with Gasteiger partial charge in [0, 0.05) is 0 Å². The molecule has 0 bridgehead atoms. The Kier molecular flexibility index (Phi) is 7.72. The molecule has 0 amide bonds. The van der Waals surface area contributed by atoms with E-state index in [-0.39, 0.29) is 90.8 Å². The fraction of sp³-hybridized carbons (Fsp3) is 0. The molecule has 0 aliphatic heterocycles. The number of nitrogens with zero attached hydrogens (tertiary/aromatic N) is 5. The molecule has 7 heteroatoms. The maximum atomic E-state index is 9.01. The Bertz CT molecular complexity index is 825. The van der Waals surface area contributed by atoms with Gasteiger partial charge in [0.15, 0.2) is 0 Å². The second-order valence-electron chi connectivity index (χ2n) is 3.19. The summed E-state index contributed by atoms with van der Waals surface area (Å²) in [7, 11) is 5.43. The molecule has 1 aromatic rings. The van der Waals surface area contributed by atoms with Gasteiger partial charge in [-0.25, -0.2) is 15.8 Å². The van der Waals surface area contributed by atoms with Crippen LogP contribution in [0.1, 0.15) is 11.1 Å². The van der Waals surface area contributed by atoms with Gasteiger partial charge in [0.2, 0.25) is 0 Å². The molecular formula is C13HBN5Rb. The van der Waals surface area contributed by atoms with E-state index in [9.17, 15) is 0 Å². The van der Waals surface area contributed by atoms with Crippen molar-refractivity contribution >= 4 is 18.9 Å². The number of benzene rings is 1. The van der Waals surface area contributed by atoms with Crippen LogP contribution in [0.3, 0.4) is 0 Å². The normalized spacial score (nSPS) is 9.35. The van der Waals surface area contributed by atoms with Crippen LogP contribution in [0.25, 0.3) is 11.0 Å². The molecule has 82 valence electrons. The first-order valence-corrected chi connectivity index (χ1v) is 4.73. The van der Waals surface area contributed by atoms with E-state index < -0.39 is 0 Å². The second-order valence-corrected chi connectivity index (χ2v) is 3.19. The summed E-state index contributed by atoms with van der Waals surface area (Å²) in [6.07, 6.45) is 0. The fourth-order valence-electron chi connectivity index (χ4n) is 1.37. The SMILES string of the molecule is [B]/C(C#N)=c1/c(C#N)[c-]c(=C(C#N)C#N)cc1C#N.[Rb+]. The largest absolute Gasteiger partial charge is 1.00 e. The third kappa shape index (κ3) is 3.65. The smallest absolute Gasteiger partial charge is 0.248 e. The third-order valence-electron chi connectivity index (χ3n) is 2.18. The molecule has 0 fully saturated rings. The van der Waals surface area contributed by atoms with E-state index in [4.69, 9.17) is 34.2 Å². The van der Waals surface area contributed by atoms with Crippen molar-refractivity contribution in [1.29, 1.82) is 26.3 Å². The van der Waals surface area contributed by atoms with E-state index in [2.05, 4.69) is 6.07 Å². The summed E-state index contributed by atoms with van der Waals surface area (Å²) in [6.45, 7) is 0. The van der Waals surface area contributed by atoms with Crippen molar-refractivity contribution < 1.29 is 58.2 Å². The predicted octanol–water partition coefficient (Wildman–Crippen LogP) is -3.77. The number of hydrogen-bond donors (Lipinski definition) is 0. The van der Waals surface area contributed by atoms with Crippen LogP contribution in [0, 0.1) is 62.7 Å². The van der Waals surface area contributed by atoms with Crippen molar-refractivity contribution in [3.63, 3.8) is 0 Å². The van der Waals surface area contributed by atoms with Crippen molar-refractivity contribution in [1.82, 2.24) is 0 Å². The van der Waals surface area contributed by atoms with E-state index in [0.717, 1.165) is 0 Å². The molecule has 0 aliphatic rings. The van der Waals surface area contributed by atoms with Crippen molar-refractivity contribution in [3.05, 3.63) is 33.7 Å². The Hall–Kier alpha value is -1.72. The minimum Gasteiger partial charge on any atom is -0.248 e. The molecule has 0 spiro atoms. The minimum atomic E-state index is -0.300. The average Bonchev–Trinajstić information content (AvgIpc) is 2.46. The summed E-state index contributed by atoms with van der Waals surface area (Å²) in [5.41, 5.74) is -0.801.